The zero-order chi connectivity index (χ0) is 17.6. The predicted octanol–water partition coefficient (Wildman–Crippen LogP) is 0.337. The lowest BCUT2D eigenvalue weighted by Gasteiger charge is -2.05. The first kappa shape index (κ1) is 14.9. The lowest BCUT2D eigenvalue weighted by atomic mass is 10.0. The van der Waals surface area contributed by atoms with Crippen molar-refractivity contribution < 1.29 is 0 Å². The van der Waals surface area contributed by atoms with Gasteiger partial charge in [-0.25, -0.2) is 0 Å². The third kappa shape index (κ3) is 2.69. The van der Waals surface area contributed by atoms with Crippen molar-refractivity contribution in [2.24, 2.45) is 0 Å². The molecular formula is C17H12N4O4. The highest BCUT2D eigenvalue weighted by atomic mass is 16.2. The summed E-state index contributed by atoms with van der Waals surface area (Å²) in [5.41, 5.74) is 1.25. The minimum atomic E-state index is -0.697. The fourth-order valence-corrected chi connectivity index (χ4v) is 2.78. The van der Waals surface area contributed by atoms with E-state index in [0.717, 1.165) is 11.1 Å². The maximum Gasteiger partial charge on any atom is 0.314 e. The fraction of sp³-hybridized carbons (Fsp3) is 0.0588. The third-order valence-electron chi connectivity index (χ3n) is 3.98. The molecule has 4 rings (SSSR count). The maximum atomic E-state index is 11.4. The largest absolute Gasteiger partial charge is 0.316 e. The van der Waals surface area contributed by atoms with Crippen LogP contribution in [0.1, 0.15) is 11.1 Å². The summed E-state index contributed by atoms with van der Waals surface area (Å²) in [6.07, 6.45) is 0.550. The van der Waals surface area contributed by atoms with Gasteiger partial charge in [0, 0.05) is 0 Å². The number of fused-ring (bicyclic) bond motifs is 2. The molecule has 0 bridgehead atoms. The van der Waals surface area contributed by atoms with Gasteiger partial charge >= 0.3 is 22.2 Å². The number of rotatable bonds is 2. The van der Waals surface area contributed by atoms with E-state index >= 15 is 0 Å². The van der Waals surface area contributed by atoms with Gasteiger partial charge in [0.25, 0.3) is 0 Å². The molecule has 4 N–H and O–H groups in total. The van der Waals surface area contributed by atoms with Crippen LogP contribution in [0.15, 0.2) is 55.6 Å². The highest BCUT2D eigenvalue weighted by Gasteiger charge is 2.04. The summed E-state index contributed by atoms with van der Waals surface area (Å²) >= 11 is 0. The van der Waals surface area contributed by atoms with Gasteiger partial charge in [-0.15, -0.1) is 0 Å². The van der Waals surface area contributed by atoms with Gasteiger partial charge in [0.1, 0.15) is 0 Å². The van der Waals surface area contributed by atoms with Crippen molar-refractivity contribution in [2.75, 3.05) is 0 Å². The number of H-pyrrole nitrogens is 4. The number of hydrogen-bond acceptors (Lipinski definition) is 4. The van der Waals surface area contributed by atoms with Crippen molar-refractivity contribution in [3.05, 3.63) is 88.9 Å². The first-order valence-corrected chi connectivity index (χ1v) is 7.50. The molecule has 0 saturated heterocycles. The van der Waals surface area contributed by atoms with E-state index in [4.69, 9.17) is 0 Å². The van der Waals surface area contributed by atoms with Crippen LogP contribution in [-0.4, -0.2) is 19.9 Å². The molecule has 0 fully saturated rings. The van der Waals surface area contributed by atoms with Gasteiger partial charge in [-0.2, -0.15) is 0 Å². The number of benzene rings is 2. The number of aromatic nitrogens is 4. The van der Waals surface area contributed by atoms with Gasteiger partial charge in [-0.3, -0.25) is 19.2 Å². The van der Waals surface area contributed by atoms with E-state index in [1.54, 1.807) is 24.3 Å². The molecule has 124 valence electrons. The van der Waals surface area contributed by atoms with E-state index in [0.29, 0.717) is 28.5 Å². The second kappa shape index (κ2) is 5.45. The van der Waals surface area contributed by atoms with Gasteiger partial charge in [0.2, 0.25) is 0 Å². The second-order valence-electron chi connectivity index (χ2n) is 5.75. The van der Waals surface area contributed by atoms with E-state index in [-0.39, 0.29) is 0 Å². The van der Waals surface area contributed by atoms with Crippen molar-refractivity contribution in [3.8, 4) is 0 Å². The Morgan fingerprint density at radius 3 is 1.28 bits per heavy atom. The normalized spacial score (nSPS) is 11.2. The minimum Gasteiger partial charge on any atom is -0.316 e. The van der Waals surface area contributed by atoms with Crippen LogP contribution in [0.2, 0.25) is 0 Å². The average Bonchev–Trinajstić information content (AvgIpc) is 2.57. The Bertz CT molecular complexity index is 1250. The standard InChI is InChI=1S/C17H12N4O4/c22-14-16(24)20-12-6-8(1-3-10(12)18-14)5-9-2-4-11-13(7-9)21-17(25)15(23)19-11/h1-4,6-7H,5H2,(H,18,22)(H,19,23)(H,20,24)(H,21,25). The molecule has 0 aliphatic carbocycles. The molecule has 0 aliphatic rings. The lowest BCUT2D eigenvalue weighted by molar-refractivity contribution is 1.12. The minimum absolute atomic E-state index is 0.542. The SMILES string of the molecule is O=c1[nH]c2ccc(Cc3ccc4[nH]c(=O)c(=O)[nH]c4c3)cc2[nH]c1=O. The summed E-state index contributed by atoms with van der Waals surface area (Å²) in [5, 5.41) is 0. The molecule has 2 aromatic heterocycles. The third-order valence-corrected chi connectivity index (χ3v) is 3.98. The Kier molecular flexibility index (Phi) is 3.24. The quantitative estimate of drug-likeness (QED) is 0.393. The summed E-state index contributed by atoms with van der Waals surface area (Å²) in [4.78, 5) is 55.7. The number of nitrogens with one attached hydrogen (secondary N) is 4. The van der Waals surface area contributed by atoms with Crippen LogP contribution < -0.4 is 22.2 Å². The highest BCUT2D eigenvalue weighted by Crippen LogP contribution is 2.16. The molecule has 0 radical (unpaired) electrons. The molecule has 0 aliphatic heterocycles. The first-order valence-electron chi connectivity index (χ1n) is 7.50. The van der Waals surface area contributed by atoms with Crippen LogP contribution in [-0.2, 0) is 6.42 Å². The molecular weight excluding hydrogens is 324 g/mol. The van der Waals surface area contributed by atoms with E-state index < -0.39 is 22.2 Å². The van der Waals surface area contributed by atoms with Crippen molar-refractivity contribution in [2.45, 2.75) is 6.42 Å². The molecule has 0 unspecified atom stereocenters. The molecule has 0 amide bonds. The van der Waals surface area contributed by atoms with Crippen LogP contribution in [0.25, 0.3) is 22.1 Å². The highest BCUT2D eigenvalue weighted by molar-refractivity contribution is 5.76. The summed E-state index contributed by atoms with van der Waals surface area (Å²) in [6.45, 7) is 0. The van der Waals surface area contributed by atoms with Crippen molar-refractivity contribution in [1.82, 2.24) is 19.9 Å². The first-order chi connectivity index (χ1) is 12.0. The Morgan fingerprint density at radius 1 is 0.520 bits per heavy atom. The van der Waals surface area contributed by atoms with E-state index in [1.807, 2.05) is 12.1 Å². The summed E-state index contributed by atoms with van der Waals surface area (Å²) < 4.78 is 0. The van der Waals surface area contributed by atoms with E-state index in [9.17, 15) is 19.2 Å². The van der Waals surface area contributed by atoms with Crippen LogP contribution in [0.5, 0.6) is 0 Å². The monoisotopic (exact) mass is 336 g/mol. The van der Waals surface area contributed by atoms with Gasteiger partial charge in [-0.05, 0) is 41.8 Å². The van der Waals surface area contributed by atoms with Gasteiger partial charge in [0.05, 0.1) is 22.1 Å². The number of aromatic amines is 4. The van der Waals surface area contributed by atoms with Gasteiger partial charge in [0.15, 0.2) is 0 Å². The molecule has 25 heavy (non-hydrogen) atoms. The van der Waals surface area contributed by atoms with E-state index in [1.165, 1.54) is 0 Å². The molecule has 2 aromatic carbocycles. The molecule has 8 nitrogen and oxygen atoms in total. The molecule has 0 atom stereocenters. The van der Waals surface area contributed by atoms with Crippen molar-refractivity contribution in [1.29, 1.82) is 0 Å². The molecule has 4 aromatic rings. The Hall–Kier alpha value is -3.68. The topological polar surface area (TPSA) is 131 Å². The zero-order valence-corrected chi connectivity index (χ0v) is 12.8. The molecule has 0 saturated carbocycles. The Balaban J connectivity index is 1.76. The van der Waals surface area contributed by atoms with Gasteiger partial charge < -0.3 is 19.9 Å². The van der Waals surface area contributed by atoms with Gasteiger partial charge in [-0.1, -0.05) is 12.1 Å². The predicted molar refractivity (Wildman–Crippen MR) is 93.2 cm³/mol. The Morgan fingerprint density at radius 2 is 0.880 bits per heavy atom. The van der Waals surface area contributed by atoms with Crippen LogP contribution >= 0.6 is 0 Å². The molecule has 0 spiro atoms. The summed E-state index contributed by atoms with van der Waals surface area (Å²) in [6, 6.07) is 10.7. The number of hydrogen-bond donors (Lipinski definition) is 4. The summed E-state index contributed by atoms with van der Waals surface area (Å²) in [7, 11) is 0. The van der Waals surface area contributed by atoms with Crippen molar-refractivity contribution in [3.63, 3.8) is 0 Å². The van der Waals surface area contributed by atoms with Crippen LogP contribution in [0.3, 0.4) is 0 Å². The maximum absolute atomic E-state index is 11.4. The van der Waals surface area contributed by atoms with Crippen LogP contribution in [0, 0.1) is 0 Å². The average molecular weight is 336 g/mol. The molecule has 2 heterocycles. The Labute approximate surface area is 138 Å². The lowest BCUT2D eigenvalue weighted by Crippen LogP contribution is -2.29. The fourth-order valence-electron chi connectivity index (χ4n) is 2.78. The second-order valence-corrected chi connectivity index (χ2v) is 5.75. The van der Waals surface area contributed by atoms with Crippen LogP contribution in [0.4, 0.5) is 0 Å². The smallest absolute Gasteiger partial charge is 0.314 e. The van der Waals surface area contributed by atoms with Crippen molar-refractivity contribution >= 4 is 22.1 Å². The van der Waals surface area contributed by atoms with E-state index in [2.05, 4.69) is 19.9 Å². The molecule has 8 heteroatoms. The zero-order valence-electron chi connectivity index (χ0n) is 12.8. The summed E-state index contributed by atoms with van der Waals surface area (Å²) in [5.74, 6) is 0.